The van der Waals surface area contributed by atoms with E-state index >= 15 is 0 Å². The smallest absolute Gasteiger partial charge is 0.256 e. The molecule has 76 valence electrons. The van der Waals surface area contributed by atoms with Crippen LogP contribution in [-0.2, 0) is 0 Å². The highest BCUT2D eigenvalue weighted by Gasteiger charge is 2.25. The molecule has 0 saturated heterocycles. The first-order valence-electron chi connectivity index (χ1n) is 4.51. The van der Waals surface area contributed by atoms with Crippen molar-refractivity contribution in [2.45, 2.75) is 6.23 Å². The molecular weight excluding hydrogens is 212 g/mol. The molecule has 2 aromatic heterocycles. The molecule has 2 aromatic rings. The molecule has 0 spiro atoms. The Morgan fingerprint density at radius 3 is 3.20 bits per heavy atom. The molecule has 0 bridgehead atoms. The predicted molar refractivity (Wildman–Crippen MR) is 56.1 cm³/mol. The number of rotatable bonds is 0. The van der Waals surface area contributed by atoms with E-state index in [1.807, 2.05) is 22.2 Å². The topological polar surface area (TPSA) is 54.3 Å². The van der Waals surface area contributed by atoms with Gasteiger partial charge in [-0.05, 0) is 23.6 Å². The maximum Gasteiger partial charge on any atom is 0.256 e. The highest BCUT2D eigenvalue weighted by Crippen LogP contribution is 2.28. The number of nitrogens with zero attached hydrogens (tertiary/aromatic N) is 1. The zero-order valence-electron chi connectivity index (χ0n) is 7.68. The second-order valence-corrected chi connectivity index (χ2v) is 4.21. The Kier molecular flexibility index (Phi) is 1.71. The number of carbonyl (C=O) groups excluding carboxylic acids is 1. The van der Waals surface area contributed by atoms with Gasteiger partial charge in [-0.15, -0.1) is 11.3 Å². The summed E-state index contributed by atoms with van der Waals surface area (Å²) in [5, 5.41) is 15.0. The molecule has 5 heteroatoms. The van der Waals surface area contributed by atoms with Gasteiger partial charge >= 0.3 is 0 Å². The summed E-state index contributed by atoms with van der Waals surface area (Å²) in [7, 11) is 0. The summed E-state index contributed by atoms with van der Waals surface area (Å²) >= 11 is 1.48. The maximum atomic E-state index is 11.7. The van der Waals surface area contributed by atoms with Gasteiger partial charge in [0.05, 0.1) is 11.3 Å². The highest BCUT2D eigenvalue weighted by atomic mass is 32.1. The van der Waals surface area contributed by atoms with Gasteiger partial charge in [0.1, 0.15) is 5.00 Å². The molecule has 3 rings (SSSR count). The number of hydrogen-bond donors (Lipinski definition) is 2. The van der Waals surface area contributed by atoms with Crippen LogP contribution in [0.4, 0.5) is 0 Å². The Labute approximate surface area is 89.8 Å². The van der Waals surface area contributed by atoms with Gasteiger partial charge in [-0.25, -0.2) is 0 Å². The molecule has 0 aliphatic carbocycles. The lowest BCUT2D eigenvalue weighted by atomic mass is 10.3. The van der Waals surface area contributed by atoms with Gasteiger partial charge in [-0.1, -0.05) is 0 Å². The minimum Gasteiger partial charge on any atom is -0.368 e. The van der Waals surface area contributed by atoms with Gasteiger partial charge in [0.25, 0.3) is 5.91 Å². The molecule has 1 amide bonds. The van der Waals surface area contributed by atoms with Gasteiger partial charge in [0, 0.05) is 6.20 Å². The number of aromatic nitrogens is 1. The summed E-state index contributed by atoms with van der Waals surface area (Å²) in [4.78, 5) is 11.7. The van der Waals surface area contributed by atoms with E-state index in [2.05, 4.69) is 5.32 Å². The van der Waals surface area contributed by atoms with E-state index in [1.54, 1.807) is 12.1 Å². The molecule has 1 aliphatic rings. The van der Waals surface area contributed by atoms with E-state index in [4.69, 9.17) is 0 Å². The van der Waals surface area contributed by atoms with Crippen molar-refractivity contribution in [3.05, 3.63) is 41.0 Å². The monoisotopic (exact) mass is 220 g/mol. The first-order chi connectivity index (χ1) is 7.27. The van der Waals surface area contributed by atoms with Gasteiger partial charge < -0.3 is 15.0 Å². The van der Waals surface area contributed by atoms with E-state index in [0.717, 1.165) is 5.00 Å². The van der Waals surface area contributed by atoms with Gasteiger partial charge in [0.15, 0.2) is 6.23 Å². The van der Waals surface area contributed by atoms with Gasteiger partial charge in [-0.2, -0.15) is 0 Å². The van der Waals surface area contributed by atoms with Crippen LogP contribution in [0.3, 0.4) is 0 Å². The fraction of sp³-hybridized carbons (Fsp3) is 0.100. The lowest BCUT2D eigenvalue weighted by Gasteiger charge is -2.09. The predicted octanol–water partition coefficient (Wildman–Crippen LogP) is 1.27. The summed E-state index contributed by atoms with van der Waals surface area (Å²) in [6, 6.07) is 5.40. The van der Waals surface area contributed by atoms with Crippen LogP contribution in [-0.4, -0.2) is 15.6 Å². The quantitative estimate of drug-likeness (QED) is 0.702. The summed E-state index contributed by atoms with van der Waals surface area (Å²) in [6.07, 6.45) is 0.904. The van der Waals surface area contributed by atoms with Gasteiger partial charge in [0.2, 0.25) is 0 Å². The number of fused-ring (bicyclic) bond motifs is 3. The van der Waals surface area contributed by atoms with Crippen LogP contribution in [0.1, 0.15) is 22.3 Å². The zero-order chi connectivity index (χ0) is 10.4. The van der Waals surface area contributed by atoms with Crippen molar-refractivity contribution in [3.63, 3.8) is 0 Å². The van der Waals surface area contributed by atoms with Crippen LogP contribution in [0.2, 0.25) is 0 Å². The Morgan fingerprint density at radius 2 is 2.33 bits per heavy atom. The van der Waals surface area contributed by atoms with Crippen molar-refractivity contribution in [1.29, 1.82) is 0 Å². The first-order valence-corrected chi connectivity index (χ1v) is 5.39. The van der Waals surface area contributed by atoms with Crippen molar-refractivity contribution in [2.24, 2.45) is 0 Å². The third-order valence-corrected chi connectivity index (χ3v) is 3.35. The number of hydrogen-bond acceptors (Lipinski definition) is 3. The normalized spacial score (nSPS) is 19.0. The Balaban J connectivity index is 2.31. The molecule has 0 aromatic carbocycles. The Morgan fingerprint density at radius 1 is 1.47 bits per heavy atom. The van der Waals surface area contributed by atoms with E-state index < -0.39 is 6.23 Å². The van der Waals surface area contributed by atoms with Crippen LogP contribution in [0.5, 0.6) is 0 Å². The van der Waals surface area contributed by atoms with Crippen molar-refractivity contribution in [2.75, 3.05) is 0 Å². The average molecular weight is 220 g/mol. The number of amides is 1. The summed E-state index contributed by atoms with van der Waals surface area (Å²) in [6.45, 7) is 0. The second-order valence-electron chi connectivity index (χ2n) is 3.32. The van der Waals surface area contributed by atoms with Crippen LogP contribution in [0.25, 0.3) is 5.00 Å². The van der Waals surface area contributed by atoms with Crippen molar-refractivity contribution in [1.82, 2.24) is 9.88 Å². The lowest BCUT2D eigenvalue weighted by Crippen LogP contribution is -2.26. The molecule has 0 saturated carbocycles. The van der Waals surface area contributed by atoms with Gasteiger partial charge in [-0.3, -0.25) is 4.79 Å². The molecule has 15 heavy (non-hydrogen) atoms. The molecule has 0 fully saturated rings. The van der Waals surface area contributed by atoms with Crippen molar-refractivity contribution in [3.8, 4) is 5.00 Å². The number of nitrogens with one attached hydrogen (secondary N) is 1. The minimum absolute atomic E-state index is 0.234. The van der Waals surface area contributed by atoms with Crippen LogP contribution < -0.4 is 5.32 Å². The maximum absolute atomic E-state index is 11.7. The molecule has 0 radical (unpaired) electrons. The molecule has 1 aliphatic heterocycles. The number of aliphatic hydroxyl groups is 1. The summed E-state index contributed by atoms with van der Waals surface area (Å²) < 4.78 is 1.84. The molecule has 4 nitrogen and oxygen atoms in total. The zero-order valence-corrected chi connectivity index (χ0v) is 8.49. The number of aliphatic hydroxyl groups excluding tert-OH is 1. The number of thiophene rings is 1. The summed E-state index contributed by atoms with van der Waals surface area (Å²) in [5.41, 5.74) is 1.29. The summed E-state index contributed by atoms with van der Waals surface area (Å²) in [5.74, 6) is -0.234. The molecule has 1 unspecified atom stereocenters. The van der Waals surface area contributed by atoms with Crippen LogP contribution in [0.15, 0.2) is 29.8 Å². The Bertz CT molecular complexity index is 529. The van der Waals surface area contributed by atoms with E-state index in [-0.39, 0.29) is 5.91 Å². The Hall–Kier alpha value is -1.59. The van der Waals surface area contributed by atoms with E-state index in [1.165, 1.54) is 11.3 Å². The molecule has 3 heterocycles. The molecular formula is C10H8N2O2S. The van der Waals surface area contributed by atoms with Crippen LogP contribution in [0, 0.1) is 0 Å². The van der Waals surface area contributed by atoms with Crippen LogP contribution >= 0.6 is 11.3 Å². The third kappa shape index (κ3) is 1.14. The molecule has 2 N–H and O–H groups in total. The standard InChI is InChI=1S/C10H8N2O2S/c13-8-6-3-5-15-10(6)12-4-1-2-7(12)9(14)11-8/h1-5,9,14H,(H,11,13). The minimum atomic E-state index is -0.938. The fourth-order valence-corrected chi connectivity index (χ4v) is 2.64. The second kappa shape index (κ2) is 2.95. The highest BCUT2D eigenvalue weighted by molar-refractivity contribution is 7.13. The third-order valence-electron chi connectivity index (χ3n) is 2.44. The SMILES string of the molecule is O=C1NC(O)c2cccn2-c2sccc21. The van der Waals surface area contributed by atoms with Crippen molar-refractivity contribution < 1.29 is 9.90 Å². The average Bonchev–Trinajstić information content (AvgIpc) is 2.83. The van der Waals surface area contributed by atoms with E-state index in [0.29, 0.717) is 11.3 Å². The lowest BCUT2D eigenvalue weighted by molar-refractivity contribution is 0.0782. The number of carbonyl (C=O) groups is 1. The largest absolute Gasteiger partial charge is 0.368 e. The first kappa shape index (κ1) is 8.70. The molecule has 1 atom stereocenters. The fourth-order valence-electron chi connectivity index (χ4n) is 1.74. The van der Waals surface area contributed by atoms with E-state index in [9.17, 15) is 9.90 Å². The van der Waals surface area contributed by atoms with Crippen molar-refractivity contribution >= 4 is 17.2 Å².